The van der Waals surface area contributed by atoms with Gasteiger partial charge >= 0.3 is 6.18 Å². The number of H-pyrrole nitrogens is 1. The molecule has 0 spiro atoms. The first-order valence-electron chi connectivity index (χ1n) is 9.67. The lowest BCUT2D eigenvalue weighted by Crippen LogP contribution is -2.28. The Kier molecular flexibility index (Phi) is 4.62. The zero-order valence-corrected chi connectivity index (χ0v) is 16.8. The largest absolute Gasteiger partial charge is 0.416 e. The van der Waals surface area contributed by atoms with E-state index >= 15 is 0 Å². The number of nitrogens with zero attached hydrogens (tertiary/aromatic N) is 4. The van der Waals surface area contributed by atoms with Crippen LogP contribution in [-0.2, 0) is 17.4 Å². The number of imidazole rings is 1. The van der Waals surface area contributed by atoms with Crippen molar-refractivity contribution >= 4 is 28.7 Å². The lowest BCUT2D eigenvalue weighted by Gasteiger charge is -2.11. The summed E-state index contributed by atoms with van der Waals surface area (Å²) in [5, 5.41) is 9.20. The van der Waals surface area contributed by atoms with Gasteiger partial charge in [0.25, 0.3) is 5.91 Å². The molecule has 1 aliphatic rings. The van der Waals surface area contributed by atoms with Gasteiger partial charge in [-0.1, -0.05) is 5.16 Å². The molecule has 10 nitrogen and oxygen atoms in total. The minimum Gasteiger partial charge on any atom is -0.353 e. The first-order chi connectivity index (χ1) is 15.7. The second-order valence-electron chi connectivity index (χ2n) is 7.40. The predicted molar refractivity (Wildman–Crippen MR) is 107 cm³/mol. The van der Waals surface area contributed by atoms with E-state index in [1.54, 1.807) is 6.92 Å². The topological polar surface area (TPSA) is 139 Å². The summed E-state index contributed by atoms with van der Waals surface area (Å²) in [7, 11) is 0. The van der Waals surface area contributed by atoms with Gasteiger partial charge in [-0.15, -0.1) is 0 Å². The molecule has 0 saturated heterocycles. The van der Waals surface area contributed by atoms with Gasteiger partial charge in [-0.25, -0.2) is 15.0 Å². The lowest BCUT2D eigenvalue weighted by molar-refractivity contribution is -0.137. The molecule has 0 radical (unpaired) electrons. The van der Waals surface area contributed by atoms with Crippen LogP contribution in [0.4, 0.5) is 19.0 Å². The zero-order chi connectivity index (χ0) is 23.3. The van der Waals surface area contributed by atoms with Gasteiger partial charge in [-0.2, -0.15) is 13.2 Å². The number of hydrogen-bond acceptors (Lipinski definition) is 7. The molecule has 2 amide bonds. The zero-order valence-electron chi connectivity index (χ0n) is 16.8. The smallest absolute Gasteiger partial charge is 0.353 e. The standard InChI is InChI=1S/C20H14F3N7O3/c1-8(26-19(32)16-10-5-15(31)29-17(10)25-7-24-16)12-6-14(33-30-12)18-27-11-3-2-9(20(21,22)23)4-13(11)28-18/h2-4,6-8H,5H2,1H3,(H,26,32)(H,27,28)(H,24,25,29,31)/t8-/m0/s1. The highest BCUT2D eigenvalue weighted by Gasteiger charge is 2.31. The highest BCUT2D eigenvalue weighted by molar-refractivity contribution is 6.03. The molecule has 1 atom stereocenters. The summed E-state index contributed by atoms with van der Waals surface area (Å²) < 4.78 is 44.1. The van der Waals surface area contributed by atoms with Crippen LogP contribution in [0.1, 0.15) is 40.3 Å². The molecular formula is C20H14F3N7O3. The molecule has 0 unspecified atom stereocenters. The summed E-state index contributed by atoms with van der Waals surface area (Å²) in [4.78, 5) is 39.2. The number of carbonyl (C=O) groups excluding carboxylic acids is 2. The van der Waals surface area contributed by atoms with Crippen molar-refractivity contribution < 1.29 is 27.3 Å². The lowest BCUT2D eigenvalue weighted by atomic mass is 10.1. The Balaban J connectivity index is 1.35. The van der Waals surface area contributed by atoms with E-state index in [0.29, 0.717) is 22.6 Å². The predicted octanol–water partition coefficient (Wildman–Crippen LogP) is 3.01. The molecule has 13 heteroatoms. The normalized spacial score (nSPS) is 14.2. The van der Waals surface area contributed by atoms with E-state index in [4.69, 9.17) is 4.52 Å². The summed E-state index contributed by atoms with van der Waals surface area (Å²) in [6.45, 7) is 1.67. The third kappa shape index (κ3) is 3.77. The van der Waals surface area contributed by atoms with Crippen LogP contribution in [0.5, 0.6) is 0 Å². The number of nitrogens with one attached hydrogen (secondary N) is 3. The fourth-order valence-corrected chi connectivity index (χ4v) is 3.47. The van der Waals surface area contributed by atoms with Crippen molar-refractivity contribution in [3.05, 3.63) is 53.1 Å². The molecule has 168 valence electrons. The number of benzene rings is 1. The number of aromatic nitrogens is 5. The molecule has 0 fully saturated rings. The first kappa shape index (κ1) is 20.6. The minimum absolute atomic E-state index is 0.00349. The van der Waals surface area contributed by atoms with Crippen LogP contribution >= 0.6 is 0 Å². The Hall–Kier alpha value is -4.29. The number of fused-ring (bicyclic) bond motifs is 2. The first-order valence-corrected chi connectivity index (χ1v) is 9.67. The van der Waals surface area contributed by atoms with E-state index in [2.05, 4.69) is 35.7 Å². The molecule has 1 aliphatic heterocycles. The van der Waals surface area contributed by atoms with Crippen molar-refractivity contribution in [1.29, 1.82) is 0 Å². The van der Waals surface area contributed by atoms with Crippen LogP contribution in [0.15, 0.2) is 35.1 Å². The van der Waals surface area contributed by atoms with Gasteiger partial charge in [-0.05, 0) is 25.1 Å². The summed E-state index contributed by atoms with van der Waals surface area (Å²) >= 11 is 0. The van der Waals surface area contributed by atoms with Gasteiger partial charge in [0.2, 0.25) is 11.7 Å². The van der Waals surface area contributed by atoms with E-state index in [9.17, 15) is 22.8 Å². The van der Waals surface area contributed by atoms with Crippen molar-refractivity contribution in [2.45, 2.75) is 25.6 Å². The molecule has 0 saturated carbocycles. The molecule has 3 aromatic heterocycles. The van der Waals surface area contributed by atoms with Crippen LogP contribution in [-0.4, -0.2) is 36.9 Å². The summed E-state index contributed by atoms with van der Waals surface area (Å²) in [5.74, 6) is -0.115. The van der Waals surface area contributed by atoms with Crippen molar-refractivity contribution in [2.24, 2.45) is 0 Å². The summed E-state index contributed by atoms with van der Waals surface area (Å²) in [6, 6.07) is 4.09. The third-order valence-electron chi connectivity index (χ3n) is 5.12. The maximum absolute atomic E-state index is 12.9. The van der Waals surface area contributed by atoms with Gasteiger partial charge in [0.05, 0.1) is 29.1 Å². The quantitative estimate of drug-likeness (QED) is 0.428. The van der Waals surface area contributed by atoms with Crippen molar-refractivity contribution in [3.8, 4) is 11.6 Å². The van der Waals surface area contributed by atoms with Crippen LogP contribution in [0.2, 0.25) is 0 Å². The van der Waals surface area contributed by atoms with Gasteiger partial charge in [0.15, 0.2) is 5.82 Å². The van der Waals surface area contributed by atoms with E-state index in [1.165, 1.54) is 18.5 Å². The molecule has 3 N–H and O–H groups in total. The molecule has 0 bridgehead atoms. The second kappa shape index (κ2) is 7.39. The number of alkyl halides is 3. The maximum atomic E-state index is 12.9. The molecule has 5 rings (SSSR count). The fraction of sp³-hybridized carbons (Fsp3) is 0.200. The van der Waals surface area contributed by atoms with Gasteiger partial charge < -0.3 is 20.1 Å². The Labute approximate surface area is 182 Å². The van der Waals surface area contributed by atoms with Crippen molar-refractivity contribution in [2.75, 3.05) is 5.32 Å². The van der Waals surface area contributed by atoms with Gasteiger partial charge in [-0.3, -0.25) is 9.59 Å². The Morgan fingerprint density at radius 2 is 2.06 bits per heavy atom. The van der Waals surface area contributed by atoms with Crippen molar-refractivity contribution in [1.82, 2.24) is 30.4 Å². The number of anilines is 1. The maximum Gasteiger partial charge on any atom is 0.416 e. The Morgan fingerprint density at radius 1 is 1.24 bits per heavy atom. The fourth-order valence-electron chi connectivity index (χ4n) is 3.47. The average molecular weight is 457 g/mol. The molecule has 4 aromatic rings. The van der Waals surface area contributed by atoms with Crippen LogP contribution in [0, 0.1) is 0 Å². The monoisotopic (exact) mass is 457 g/mol. The number of carbonyl (C=O) groups is 2. The second-order valence-corrected chi connectivity index (χ2v) is 7.40. The molecule has 33 heavy (non-hydrogen) atoms. The molecule has 1 aromatic carbocycles. The third-order valence-corrected chi connectivity index (χ3v) is 5.12. The van der Waals surface area contributed by atoms with E-state index < -0.39 is 23.7 Å². The highest BCUT2D eigenvalue weighted by atomic mass is 19.4. The number of amides is 2. The van der Waals surface area contributed by atoms with Gasteiger partial charge in [0, 0.05) is 11.6 Å². The summed E-state index contributed by atoms with van der Waals surface area (Å²) in [6.07, 6.45) is -3.28. The Bertz CT molecular complexity index is 1410. The number of halogens is 3. The van der Waals surface area contributed by atoms with Gasteiger partial charge in [0.1, 0.15) is 23.5 Å². The molecular weight excluding hydrogens is 443 g/mol. The molecule has 4 heterocycles. The molecule has 0 aliphatic carbocycles. The van der Waals surface area contributed by atoms with Crippen LogP contribution < -0.4 is 10.6 Å². The summed E-state index contributed by atoms with van der Waals surface area (Å²) in [5.41, 5.74) is 0.570. The average Bonchev–Trinajstić information content (AvgIpc) is 3.48. The van der Waals surface area contributed by atoms with E-state index in [0.717, 1.165) is 12.1 Å². The number of aromatic amines is 1. The van der Waals surface area contributed by atoms with E-state index in [1.807, 2.05) is 0 Å². The number of hydrogen-bond donors (Lipinski definition) is 3. The van der Waals surface area contributed by atoms with Crippen LogP contribution in [0.25, 0.3) is 22.6 Å². The number of rotatable bonds is 4. The minimum atomic E-state index is -4.47. The van der Waals surface area contributed by atoms with E-state index in [-0.39, 0.29) is 35.1 Å². The highest BCUT2D eigenvalue weighted by Crippen LogP contribution is 2.32. The van der Waals surface area contributed by atoms with Crippen LogP contribution in [0.3, 0.4) is 0 Å². The van der Waals surface area contributed by atoms with Crippen molar-refractivity contribution in [3.63, 3.8) is 0 Å². The SMILES string of the molecule is C[C@H](NC(=O)c1ncnc2c1CC(=O)N2)c1cc(-c2nc3ccc(C(F)(F)F)cc3[nH]2)on1. The Morgan fingerprint density at radius 3 is 2.85 bits per heavy atom.